The van der Waals surface area contributed by atoms with Crippen LogP contribution in [0.2, 0.25) is 5.02 Å². The molecule has 1 aromatic rings. The number of hydrogen-bond acceptors (Lipinski definition) is 1. The molecule has 1 atom stereocenters. The van der Waals surface area contributed by atoms with Gasteiger partial charge in [-0.1, -0.05) is 11.6 Å². The smallest absolute Gasteiger partial charge is 0.257 e. The van der Waals surface area contributed by atoms with Crippen molar-refractivity contribution < 1.29 is 17.6 Å². The Balaban J connectivity index is 3.20. The van der Waals surface area contributed by atoms with Crippen LogP contribution in [0.3, 0.4) is 0 Å². The van der Waals surface area contributed by atoms with Gasteiger partial charge in [-0.2, -0.15) is 0 Å². The summed E-state index contributed by atoms with van der Waals surface area (Å²) in [5, 5.41) is -0.204. The summed E-state index contributed by atoms with van der Waals surface area (Å²) < 4.78 is 50.1. The standard InChI is InChI=1S/C8H6ClF4N/c9-3-1-4(10)6(5(11)2-3)7(14)8(12)13/h1-2,7-8H,14H2/t7-/m0/s1. The van der Waals surface area contributed by atoms with Gasteiger partial charge in [-0.3, -0.25) is 0 Å². The minimum absolute atomic E-state index is 0.204. The number of alkyl halides is 2. The van der Waals surface area contributed by atoms with Gasteiger partial charge < -0.3 is 5.73 Å². The van der Waals surface area contributed by atoms with Gasteiger partial charge in [0.05, 0.1) is 6.04 Å². The van der Waals surface area contributed by atoms with E-state index in [0.717, 1.165) is 12.1 Å². The summed E-state index contributed by atoms with van der Waals surface area (Å²) in [5.74, 6) is -2.33. The van der Waals surface area contributed by atoms with Crippen LogP contribution in [0, 0.1) is 11.6 Å². The Bertz CT molecular complexity index is 319. The van der Waals surface area contributed by atoms with E-state index in [1.54, 1.807) is 0 Å². The number of benzene rings is 1. The fraction of sp³-hybridized carbons (Fsp3) is 0.250. The van der Waals surface area contributed by atoms with Crippen LogP contribution in [0.4, 0.5) is 17.6 Å². The van der Waals surface area contributed by atoms with E-state index < -0.39 is 29.7 Å². The van der Waals surface area contributed by atoms with Crippen LogP contribution >= 0.6 is 11.6 Å². The first kappa shape index (κ1) is 11.3. The summed E-state index contributed by atoms with van der Waals surface area (Å²) >= 11 is 5.30. The van der Waals surface area contributed by atoms with Gasteiger partial charge in [-0.15, -0.1) is 0 Å². The highest BCUT2D eigenvalue weighted by molar-refractivity contribution is 6.30. The van der Waals surface area contributed by atoms with Gasteiger partial charge in [0.25, 0.3) is 6.43 Å². The Kier molecular flexibility index (Phi) is 3.34. The Morgan fingerprint density at radius 1 is 1.14 bits per heavy atom. The Labute approximate surface area is 82.5 Å². The summed E-state index contributed by atoms with van der Waals surface area (Å²) in [5.41, 5.74) is 4.07. The number of rotatable bonds is 2. The Hall–Kier alpha value is -0.810. The maximum Gasteiger partial charge on any atom is 0.257 e. The van der Waals surface area contributed by atoms with Crippen molar-refractivity contribution >= 4 is 11.6 Å². The predicted molar refractivity (Wildman–Crippen MR) is 44.3 cm³/mol. The quantitative estimate of drug-likeness (QED) is 0.773. The molecule has 2 N–H and O–H groups in total. The van der Waals surface area contributed by atoms with Crippen LogP contribution in [0.25, 0.3) is 0 Å². The highest BCUT2D eigenvalue weighted by atomic mass is 35.5. The molecule has 0 aliphatic heterocycles. The molecule has 0 amide bonds. The molecule has 6 heteroatoms. The van der Waals surface area contributed by atoms with Crippen LogP contribution in [-0.4, -0.2) is 6.43 Å². The van der Waals surface area contributed by atoms with Gasteiger partial charge in [-0.25, -0.2) is 17.6 Å². The summed E-state index contributed by atoms with van der Waals surface area (Å²) in [7, 11) is 0. The Morgan fingerprint density at radius 2 is 1.57 bits per heavy atom. The highest BCUT2D eigenvalue weighted by Gasteiger charge is 2.25. The first-order valence-electron chi connectivity index (χ1n) is 3.61. The van der Waals surface area contributed by atoms with E-state index in [2.05, 4.69) is 0 Å². The second-order valence-electron chi connectivity index (χ2n) is 2.64. The fourth-order valence-electron chi connectivity index (χ4n) is 0.998. The number of halogens is 5. The summed E-state index contributed by atoms with van der Waals surface area (Å²) in [6, 6.07) is -0.503. The van der Waals surface area contributed by atoms with Gasteiger partial charge in [0, 0.05) is 10.6 Å². The van der Waals surface area contributed by atoms with E-state index in [9.17, 15) is 17.6 Å². The molecule has 0 bridgehead atoms. The third-order valence-corrected chi connectivity index (χ3v) is 1.87. The van der Waals surface area contributed by atoms with Crippen LogP contribution < -0.4 is 5.73 Å². The molecule has 0 aliphatic rings. The SMILES string of the molecule is N[C@@H](c1c(F)cc(Cl)cc1F)C(F)F. The van der Waals surface area contributed by atoms with Gasteiger partial charge >= 0.3 is 0 Å². The van der Waals surface area contributed by atoms with Crippen molar-refractivity contribution in [2.24, 2.45) is 5.73 Å². The molecule has 0 aromatic heterocycles. The van der Waals surface area contributed by atoms with Gasteiger partial charge in [0.2, 0.25) is 0 Å². The van der Waals surface area contributed by atoms with Gasteiger partial charge in [0.1, 0.15) is 11.6 Å². The summed E-state index contributed by atoms with van der Waals surface area (Å²) in [6.45, 7) is 0. The zero-order valence-corrected chi connectivity index (χ0v) is 7.53. The molecule has 0 saturated heterocycles. The second kappa shape index (κ2) is 4.14. The Morgan fingerprint density at radius 3 is 1.93 bits per heavy atom. The average Bonchev–Trinajstić information content (AvgIpc) is 2.01. The molecule has 0 fully saturated rings. The molecule has 0 spiro atoms. The zero-order chi connectivity index (χ0) is 10.9. The van der Waals surface area contributed by atoms with Gasteiger partial charge in [-0.05, 0) is 12.1 Å². The lowest BCUT2D eigenvalue weighted by Gasteiger charge is -2.12. The van der Waals surface area contributed by atoms with E-state index in [1.807, 2.05) is 0 Å². The van der Waals surface area contributed by atoms with Crippen LogP contribution in [0.1, 0.15) is 11.6 Å². The molecule has 14 heavy (non-hydrogen) atoms. The lowest BCUT2D eigenvalue weighted by atomic mass is 10.1. The predicted octanol–water partition coefficient (Wildman–Crippen LogP) is 2.88. The van der Waals surface area contributed by atoms with Crippen molar-refractivity contribution in [3.63, 3.8) is 0 Å². The molecule has 0 radical (unpaired) electrons. The van der Waals surface area contributed by atoms with Crippen molar-refractivity contribution in [1.29, 1.82) is 0 Å². The molecule has 78 valence electrons. The topological polar surface area (TPSA) is 26.0 Å². The molecule has 0 heterocycles. The number of hydrogen-bond donors (Lipinski definition) is 1. The zero-order valence-electron chi connectivity index (χ0n) is 6.78. The molecule has 0 aliphatic carbocycles. The van der Waals surface area contributed by atoms with E-state index in [-0.39, 0.29) is 5.02 Å². The monoisotopic (exact) mass is 227 g/mol. The first-order valence-corrected chi connectivity index (χ1v) is 3.99. The summed E-state index contributed by atoms with van der Waals surface area (Å²) in [6.07, 6.45) is -3.03. The molecule has 1 rings (SSSR count). The van der Waals surface area contributed by atoms with E-state index in [0.29, 0.717) is 0 Å². The largest absolute Gasteiger partial charge is 0.319 e. The normalized spacial score (nSPS) is 13.4. The highest BCUT2D eigenvalue weighted by Crippen LogP contribution is 2.26. The number of nitrogens with two attached hydrogens (primary N) is 1. The van der Waals surface area contributed by atoms with Crippen LogP contribution in [0.15, 0.2) is 12.1 Å². The summed E-state index contributed by atoms with van der Waals surface area (Å²) in [4.78, 5) is 0. The minimum Gasteiger partial charge on any atom is -0.319 e. The molecule has 1 nitrogen and oxygen atoms in total. The van der Waals surface area contributed by atoms with Crippen molar-refractivity contribution in [2.75, 3.05) is 0 Å². The van der Waals surface area contributed by atoms with Crippen LogP contribution in [-0.2, 0) is 0 Å². The van der Waals surface area contributed by atoms with Crippen molar-refractivity contribution in [2.45, 2.75) is 12.5 Å². The van der Waals surface area contributed by atoms with E-state index in [1.165, 1.54) is 0 Å². The van der Waals surface area contributed by atoms with Crippen LogP contribution in [0.5, 0.6) is 0 Å². The van der Waals surface area contributed by atoms with E-state index >= 15 is 0 Å². The molecule has 0 unspecified atom stereocenters. The van der Waals surface area contributed by atoms with E-state index in [4.69, 9.17) is 17.3 Å². The molecule has 1 aromatic carbocycles. The molecular formula is C8H6ClF4N. The lowest BCUT2D eigenvalue weighted by Crippen LogP contribution is -2.21. The molecule has 0 saturated carbocycles. The van der Waals surface area contributed by atoms with Crippen molar-refractivity contribution in [1.82, 2.24) is 0 Å². The third kappa shape index (κ3) is 2.16. The first-order chi connectivity index (χ1) is 6.43. The van der Waals surface area contributed by atoms with Gasteiger partial charge in [0.15, 0.2) is 0 Å². The third-order valence-electron chi connectivity index (χ3n) is 1.65. The fourth-order valence-corrected chi connectivity index (χ4v) is 1.19. The van der Waals surface area contributed by atoms with Crippen molar-refractivity contribution in [3.8, 4) is 0 Å². The maximum atomic E-state index is 13.0. The minimum atomic E-state index is -3.03. The maximum absolute atomic E-state index is 13.0. The lowest BCUT2D eigenvalue weighted by molar-refractivity contribution is 0.113. The molecular weight excluding hydrogens is 222 g/mol. The second-order valence-corrected chi connectivity index (χ2v) is 3.08. The van der Waals surface area contributed by atoms with Crippen molar-refractivity contribution in [3.05, 3.63) is 34.4 Å². The average molecular weight is 228 g/mol.